The fourth-order valence-corrected chi connectivity index (χ4v) is 4.59. The molecular weight excluding hydrogens is 605 g/mol. The van der Waals surface area contributed by atoms with Crippen LogP contribution in [-0.4, -0.2) is 80.7 Å². The number of carboxylic acids is 1. The highest BCUT2D eigenvalue weighted by Gasteiger charge is 2.29. The Morgan fingerprint density at radius 2 is 1.58 bits per heavy atom. The molecule has 208 valence electrons. The van der Waals surface area contributed by atoms with E-state index in [2.05, 4.69) is 26.3 Å². The maximum absolute atomic E-state index is 12.4. The number of aliphatic hydroxyl groups is 1. The van der Waals surface area contributed by atoms with Crippen LogP contribution in [0.1, 0.15) is 36.3 Å². The molecule has 2 aromatic rings. The lowest BCUT2D eigenvalue weighted by Crippen LogP contribution is -2.41. The van der Waals surface area contributed by atoms with Crippen molar-refractivity contribution < 1.29 is 34.0 Å². The second-order valence-electron chi connectivity index (χ2n) is 8.90. The molecular formula is C27H36IN3O7. The summed E-state index contributed by atoms with van der Waals surface area (Å²) in [6, 6.07) is 15.0. The molecule has 0 fully saturated rings. The Kier molecular flexibility index (Phi) is 13.2. The smallest absolute Gasteiger partial charge is 0.407 e. The topological polar surface area (TPSA) is 138 Å². The summed E-state index contributed by atoms with van der Waals surface area (Å²) in [5.41, 5.74) is 4.43. The molecule has 0 spiro atoms. The number of fused-ring (bicyclic) bond motifs is 3. The number of hydrogen-bond donors (Lipinski definition) is 5. The van der Waals surface area contributed by atoms with Gasteiger partial charge in [0.25, 0.3) is 0 Å². The monoisotopic (exact) mass is 641 g/mol. The van der Waals surface area contributed by atoms with E-state index in [-0.39, 0.29) is 25.6 Å². The number of alkyl carbamates (subject to hydrolysis) is 1. The van der Waals surface area contributed by atoms with Crippen molar-refractivity contribution in [1.82, 2.24) is 14.2 Å². The van der Waals surface area contributed by atoms with Crippen molar-refractivity contribution in [3.63, 3.8) is 0 Å². The molecule has 3 rings (SSSR count). The molecule has 0 radical (unpaired) electrons. The van der Waals surface area contributed by atoms with Gasteiger partial charge in [0.2, 0.25) is 0 Å². The number of halogens is 1. The molecule has 0 heterocycles. The van der Waals surface area contributed by atoms with Crippen LogP contribution in [-0.2, 0) is 19.0 Å². The first-order chi connectivity index (χ1) is 18.5. The van der Waals surface area contributed by atoms with Gasteiger partial charge in [-0.15, -0.1) is 0 Å². The van der Waals surface area contributed by atoms with Crippen LogP contribution in [0, 0.1) is 0 Å². The summed E-state index contributed by atoms with van der Waals surface area (Å²) in [5.74, 6) is -1.21. The van der Waals surface area contributed by atoms with Crippen molar-refractivity contribution in [2.75, 3.05) is 46.1 Å². The van der Waals surface area contributed by atoms with Crippen molar-refractivity contribution in [3.05, 3.63) is 59.7 Å². The van der Waals surface area contributed by atoms with Crippen molar-refractivity contribution >= 4 is 34.9 Å². The predicted octanol–water partition coefficient (Wildman–Crippen LogP) is 3.03. The zero-order valence-corrected chi connectivity index (χ0v) is 23.4. The number of aliphatic hydroxyl groups excluding tert-OH is 1. The van der Waals surface area contributed by atoms with Gasteiger partial charge in [-0.1, -0.05) is 48.5 Å². The van der Waals surface area contributed by atoms with E-state index < -0.39 is 24.3 Å². The third-order valence-corrected chi connectivity index (χ3v) is 6.76. The summed E-state index contributed by atoms with van der Waals surface area (Å²) in [5, 5.41) is 24.9. The highest BCUT2D eigenvalue weighted by Crippen LogP contribution is 2.44. The number of rotatable bonds is 18. The Hall–Kier alpha value is -2.29. The second kappa shape index (κ2) is 16.6. The maximum atomic E-state index is 12.4. The molecule has 2 atom stereocenters. The minimum atomic E-state index is -1.11. The first kappa shape index (κ1) is 30.3. The molecule has 1 unspecified atom stereocenters. The number of ether oxygens (including phenoxy) is 3. The summed E-state index contributed by atoms with van der Waals surface area (Å²) in [6.45, 7) is 2.95. The van der Waals surface area contributed by atoms with Gasteiger partial charge in [0.05, 0.1) is 26.4 Å². The van der Waals surface area contributed by atoms with Crippen molar-refractivity contribution in [2.24, 2.45) is 0 Å². The van der Waals surface area contributed by atoms with Crippen molar-refractivity contribution in [3.8, 4) is 11.1 Å². The average Bonchev–Trinajstić information content (AvgIpc) is 3.24. The van der Waals surface area contributed by atoms with Crippen LogP contribution in [0.3, 0.4) is 0 Å². The number of unbranched alkanes of at least 4 members (excludes halogenated alkanes) is 1. The molecule has 38 heavy (non-hydrogen) atoms. The van der Waals surface area contributed by atoms with E-state index in [1.54, 1.807) is 0 Å². The van der Waals surface area contributed by atoms with E-state index in [0.29, 0.717) is 39.2 Å². The standard InChI is InChI=1S/C27H36IN3O7/c28-30-13-14-36-15-16-37-18-25(32)29-12-6-5-11-24(26(33)34)31-27(35)38-17-23-21-9-3-1-7-19(21)20-8-2-4-10-22(20)23/h1-4,7-10,23-25,29-30,32H,5-6,11-18H2,(H,31,35)(H,33,34)/t24-,25?/m0/s1. The largest absolute Gasteiger partial charge is 0.480 e. The maximum Gasteiger partial charge on any atom is 0.407 e. The third kappa shape index (κ3) is 9.47. The van der Waals surface area contributed by atoms with E-state index in [1.165, 1.54) is 0 Å². The zero-order chi connectivity index (χ0) is 27.2. The molecule has 5 N–H and O–H groups in total. The van der Waals surface area contributed by atoms with Crippen LogP contribution in [0.15, 0.2) is 48.5 Å². The molecule has 1 aliphatic carbocycles. The fraction of sp³-hybridized carbons (Fsp3) is 0.481. The zero-order valence-electron chi connectivity index (χ0n) is 21.2. The quantitative estimate of drug-likeness (QED) is 0.0720. The number of benzene rings is 2. The van der Waals surface area contributed by atoms with Gasteiger partial charge < -0.3 is 29.7 Å². The van der Waals surface area contributed by atoms with Crippen LogP contribution in [0.4, 0.5) is 4.79 Å². The molecule has 1 aliphatic rings. The van der Waals surface area contributed by atoms with E-state index in [4.69, 9.17) is 14.2 Å². The minimum Gasteiger partial charge on any atom is -0.480 e. The van der Waals surface area contributed by atoms with Crippen LogP contribution < -0.4 is 14.2 Å². The minimum absolute atomic E-state index is 0.0940. The van der Waals surface area contributed by atoms with Crippen molar-refractivity contribution in [1.29, 1.82) is 0 Å². The summed E-state index contributed by atoms with van der Waals surface area (Å²) in [4.78, 5) is 24.1. The average molecular weight is 642 g/mol. The van der Waals surface area contributed by atoms with Gasteiger partial charge >= 0.3 is 12.1 Å². The lowest BCUT2D eigenvalue weighted by molar-refractivity contribution is -0.139. The number of amides is 1. The van der Waals surface area contributed by atoms with Crippen LogP contribution in [0.2, 0.25) is 0 Å². The summed E-state index contributed by atoms with van der Waals surface area (Å²) in [7, 11) is 0. The van der Waals surface area contributed by atoms with Crippen LogP contribution in [0.25, 0.3) is 11.1 Å². The van der Waals surface area contributed by atoms with Gasteiger partial charge in [-0.05, 0) is 48.1 Å². The molecule has 0 aromatic heterocycles. The third-order valence-electron chi connectivity index (χ3n) is 6.22. The SMILES string of the molecule is O=C(N[C@@H](CCCCNC(O)COCCOCCNI)C(=O)O)OCC1c2ccccc2-c2ccccc21. The Bertz CT molecular complexity index is 980. The van der Waals surface area contributed by atoms with E-state index in [0.717, 1.165) is 28.8 Å². The first-order valence-electron chi connectivity index (χ1n) is 12.8. The highest BCUT2D eigenvalue weighted by atomic mass is 127. The summed E-state index contributed by atoms with van der Waals surface area (Å²) < 4.78 is 19.1. The molecule has 2 aromatic carbocycles. The first-order valence-corrected chi connectivity index (χ1v) is 13.8. The Morgan fingerprint density at radius 3 is 2.24 bits per heavy atom. The van der Waals surface area contributed by atoms with Gasteiger partial charge in [0.1, 0.15) is 18.9 Å². The van der Waals surface area contributed by atoms with E-state index in [1.807, 2.05) is 59.3 Å². The van der Waals surface area contributed by atoms with Gasteiger partial charge in [-0.3, -0.25) is 8.85 Å². The normalized spacial score (nSPS) is 13.9. The van der Waals surface area contributed by atoms with Gasteiger partial charge in [-0.2, -0.15) is 0 Å². The lowest BCUT2D eigenvalue weighted by Gasteiger charge is -2.18. The van der Waals surface area contributed by atoms with Gasteiger partial charge in [-0.25, -0.2) is 9.59 Å². The van der Waals surface area contributed by atoms with E-state index >= 15 is 0 Å². The Labute approximate surface area is 236 Å². The predicted molar refractivity (Wildman–Crippen MR) is 151 cm³/mol. The fourth-order valence-electron chi connectivity index (χ4n) is 4.37. The molecule has 10 nitrogen and oxygen atoms in total. The number of carbonyl (C=O) groups excluding carboxylic acids is 1. The summed E-state index contributed by atoms with van der Waals surface area (Å²) >= 11 is 2.05. The molecule has 0 saturated heterocycles. The number of carboxylic acid groups (broad SMARTS) is 1. The van der Waals surface area contributed by atoms with Gasteiger partial charge in [0, 0.05) is 35.3 Å². The number of aliphatic carboxylic acids is 1. The van der Waals surface area contributed by atoms with E-state index in [9.17, 15) is 19.8 Å². The van der Waals surface area contributed by atoms with Crippen LogP contribution >= 0.6 is 22.9 Å². The Balaban J connectivity index is 1.33. The molecule has 0 saturated carbocycles. The molecule has 0 aliphatic heterocycles. The summed E-state index contributed by atoms with van der Waals surface area (Å²) in [6.07, 6.45) is -0.156. The van der Waals surface area contributed by atoms with Crippen molar-refractivity contribution in [2.45, 2.75) is 37.5 Å². The molecule has 0 bridgehead atoms. The number of nitrogens with one attached hydrogen (secondary N) is 3. The number of hydrogen-bond acceptors (Lipinski definition) is 8. The molecule has 1 amide bonds. The highest BCUT2D eigenvalue weighted by molar-refractivity contribution is 14.1. The molecule has 11 heteroatoms. The van der Waals surface area contributed by atoms with Gasteiger partial charge in [0.15, 0.2) is 0 Å². The second-order valence-corrected chi connectivity index (χ2v) is 9.66. The number of carbonyl (C=O) groups is 2. The van der Waals surface area contributed by atoms with Crippen LogP contribution in [0.5, 0.6) is 0 Å². The lowest BCUT2D eigenvalue weighted by atomic mass is 9.98. The Morgan fingerprint density at radius 1 is 0.921 bits per heavy atom.